The van der Waals surface area contributed by atoms with Crippen LogP contribution < -0.4 is 0 Å². The lowest BCUT2D eigenvalue weighted by molar-refractivity contribution is -0.0573. The topological polar surface area (TPSA) is 40.5 Å². The lowest BCUT2D eigenvalue weighted by atomic mass is 9.47. The molecule has 0 aromatic carbocycles. The third kappa shape index (κ3) is 4.96. The summed E-state index contributed by atoms with van der Waals surface area (Å²) in [6.07, 6.45) is 17.2. The second kappa shape index (κ2) is 10.3. The molecule has 0 amide bonds. The van der Waals surface area contributed by atoms with Gasteiger partial charge in [0.2, 0.25) is 0 Å². The quantitative estimate of drug-likeness (QED) is 0.445. The molecule has 3 saturated carbocycles. The van der Waals surface area contributed by atoms with Crippen molar-refractivity contribution in [2.75, 3.05) is 6.61 Å². The third-order valence-corrected chi connectivity index (χ3v) is 10.3. The first-order valence-corrected chi connectivity index (χ1v) is 13.7. The highest BCUT2D eigenvalue weighted by Crippen LogP contribution is 2.67. The molecule has 0 heterocycles. The first-order valence-electron chi connectivity index (χ1n) is 13.7. The van der Waals surface area contributed by atoms with Gasteiger partial charge in [0.1, 0.15) is 0 Å². The Bertz CT molecular complexity index is 610. The molecule has 0 aromatic rings. The van der Waals surface area contributed by atoms with E-state index >= 15 is 0 Å². The largest absolute Gasteiger partial charge is 0.397 e. The van der Waals surface area contributed by atoms with Crippen molar-refractivity contribution in [3.8, 4) is 0 Å². The van der Waals surface area contributed by atoms with Crippen LogP contribution in [-0.2, 0) is 0 Å². The SMILES string of the molecule is CC(C)CCC[C@@H](C)[C@H]1CC[C@H]2[C@@H]3CC=C4CC(O)CC[C@]4(C)[C@H]3CC[C@]12C.CCO. The van der Waals surface area contributed by atoms with E-state index in [0.29, 0.717) is 10.8 Å². The van der Waals surface area contributed by atoms with Crippen LogP contribution in [0.4, 0.5) is 0 Å². The van der Waals surface area contributed by atoms with Crippen molar-refractivity contribution in [1.29, 1.82) is 0 Å². The molecule has 2 N–H and O–H groups in total. The summed E-state index contributed by atoms with van der Waals surface area (Å²) in [7, 11) is 0. The summed E-state index contributed by atoms with van der Waals surface area (Å²) in [4.78, 5) is 0. The van der Waals surface area contributed by atoms with Gasteiger partial charge >= 0.3 is 0 Å². The molecule has 2 nitrogen and oxygen atoms in total. The molecule has 0 spiro atoms. The Morgan fingerprint density at radius 3 is 2.39 bits per heavy atom. The molecular weight excluding hydrogens is 380 g/mol. The van der Waals surface area contributed by atoms with Gasteiger partial charge in [0.15, 0.2) is 0 Å². The maximum Gasteiger partial charge on any atom is 0.0577 e. The van der Waals surface area contributed by atoms with E-state index in [1.54, 1.807) is 12.5 Å². The summed E-state index contributed by atoms with van der Waals surface area (Å²) in [6, 6.07) is 0. The van der Waals surface area contributed by atoms with Crippen LogP contribution in [-0.4, -0.2) is 22.9 Å². The number of aliphatic hydroxyl groups excluding tert-OH is 2. The van der Waals surface area contributed by atoms with Crippen molar-refractivity contribution >= 4 is 0 Å². The summed E-state index contributed by atoms with van der Waals surface area (Å²) in [5.41, 5.74) is 2.60. The van der Waals surface area contributed by atoms with Gasteiger partial charge in [-0.15, -0.1) is 0 Å². The Morgan fingerprint density at radius 2 is 1.71 bits per heavy atom. The molecule has 0 aliphatic heterocycles. The van der Waals surface area contributed by atoms with E-state index in [-0.39, 0.29) is 12.7 Å². The molecule has 8 atom stereocenters. The first kappa shape index (κ1) is 25.3. The summed E-state index contributed by atoms with van der Waals surface area (Å²) < 4.78 is 0. The number of fused-ring (bicyclic) bond motifs is 5. The zero-order valence-electron chi connectivity index (χ0n) is 21.5. The van der Waals surface area contributed by atoms with E-state index in [1.165, 1.54) is 57.8 Å². The molecule has 0 radical (unpaired) electrons. The van der Waals surface area contributed by atoms with Gasteiger partial charge in [-0.3, -0.25) is 0 Å². The number of hydrogen-bond acceptors (Lipinski definition) is 2. The van der Waals surface area contributed by atoms with E-state index in [2.05, 4.69) is 40.7 Å². The Hall–Kier alpha value is -0.340. The smallest absolute Gasteiger partial charge is 0.0577 e. The van der Waals surface area contributed by atoms with E-state index in [9.17, 15) is 5.11 Å². The van der Waals surface area contributed by atoms with Crippen molar-refractivity contribution in [2.45, 2.75) is 118 Å². The number of allylic oxidation sites excluding steroid dienone is 1. The molecule has 1 unspecified atom stereocenters. The van der Waals surface area contributed by atoms with Gasteiger partial charge in [0, 0.05) is 6.61 Å². The fourth-order valence-electron chi connectivity index (χ4n) is 8.67. The van der Waals surface area contributed by atoms with Crippen LogP contribution in [0.15, 0.2) is 11.6 Å². The average Bonchev–Trinajstić information content (AvgIpc) is 3.06. The van der Waals surface area contributed by atoms with Crippen molar-refractivity contribution in [2.24, 2.45) is 46.3 Å². The van der Waals surface area contributed by atoms with Crippen molar-refractivity contribution < 1.29 is 10.2 Å². The Morgan fingerprint density at radius 1 is 1.00 bits per heavy atom. The van der Waals surface area contributed by atoms with Crippen molar-refractivity contribution in [3.63, 3.8) is 0 Å². The van der Waals surface area contributed by atoms with Gasteiger partial charge in [-0.25, -0.2) is 0 Å². The Labute approximate surface area is 193 Å². The van der Waals surface area contributed by atoms with Gasteiger partial charge in [-0.05, 0) is 105 Å². The van der Waals surface area contributed by atoms with Gasteiger partial charge in [0.05, 0.1) is 6.10 Å². The minimum absolute atomic E-state index is 0.0766. The summed E-state index contributed by atoms with van der Waals surface area (Å²) >= 11 is 0. The summed E-state index contributed by atoms with van der Waals surface area (Å²) in [5, 5.41) is 17.8. The van der Waals surface area contributed by atoms with Crippen LogP contribution in [0.3, 0.4) is 0 Å². The van der Waals surface area contributed by atoms with Crippen LogP contribution in [0.2, 0.25) is 0 Å². The van der Waals surface area contributed by atoms with E-state index in [0.717, 1.165) is 48.3 Å². The molecule has 3 fully saturated rings. The van der Waals surface area contributed by atoms with E-state index < -0.39 is 0 Å². The minimum atomic E-state index is -0.0766. The molecule has 180 valence electrons. The van der Waals surface area contributed by atoms with Gasteiger partial charge in [0.25, 0.3) is 0 Å². The predicted molar refractivity (Wildman–Crippen MR) is 132 cm³/mol. The zero-order chi connectivity index (χ0) is 22.8. The number of aliphatic hydroxyl groups is 2. The molecule has 31 heavy (non-hydrogen) atoms. The first-order chi connectivity index (χ1) is 14.7. The van der Waals surface area contributed by atoms with Gasteiger partial charge in [-0.1, -0.05) is 65.5 Å². The van der Waals surface area contributed by atoms with Gasteiger partial charge < -0.3 is 10.2 Å². The summed E-state index contributed by atoms with van der Waals surface area (Å²) in [6.45, 7) is 14.5. The fraction of sp³-hybridized carbons (Fsp3) is 0.931. The highest BCUT2D eigenvalue weighted by atomic mass is 16.3. The molecule has 4 aliphatic rings. The Kier molecular flexibility index (Phi) is 8.39. The monoisotopic (exact) mass is 432 g/mol. The van der Waals surface area contributed by atoms with E-state index in [4.69, 9.17) is 5.11 Å². The molecule has 0 aromatic heterocycles. The van der Waals surface area contributed by atoms with Crippen LogP contribution in [0.5, 0.6) is 0 Å². The van der Waals surface area contributed by atoms with Crippen LogP contribution in [0.1, 0.15) is 112 Å². The van der Waals surface area contributed by atoms with Crippen molar-refractivity contribution in [3.05, 3.63) is 11.6 Å². The van der Waals surface area contributed by atoms with Crippen LogP contribution in [0, 0.1) is 46.3 Å². The highest BCUT2D eigenvalue weighted by molar-refractivity contribution is 5.25. The van der Waals surface area contributed by atoms with Crippen LogP contribution >= 0.6 is 0 Å². The van der Waals surface area contributed by atoms with Gasteiger partial charge in [-0.2, -0.15) is 0 Å². The maximum absolute atomic E-state index is 10.2. The number of hydrogen-bond donors (Lipinski definition) is 2. The lowest BCUT2D eigenvalue weighted by Gasteiger charge is -2.58. The second-order valence-corrected chi connectivity index (χ2v) is 12.5. The molecule has 4 rings (SSSR count). The van der Waals surface area contributed by atoms with Crippen molar-refractivity contribution in [1.82, 2.24) is 0 Å². The normalized spacial score (nSPS) is 42.6. The molecule has 4 aliphatic carbocycles. The average molecular weight is 433 g/mol. The minimum Gasteiger partial charge on any atom is -0.397 e. The predicted octanol–water partition coefficient (Wildman–Crippen LogP) is 7.39. The lowest BCUT2D eigenvalue weighted by Crippen LogP contribution is -2.50. The second-order valence-electron chi connectivity index (χ2n) is 12.5. The fourth-order valence-corrected chi connectivity index (χ4v) is 8.67. The standard InChI is InChI=1S/C27H46O.C2H6O/c1-18(2)7-6-8-19(3)23-11-12-24-22-10-9-20-17-21(28)13-15-26(20,4)25(22)14-16-27(23,24)5;1-2-3/h9,18-19,21-25,28H,6-8,10-17H2,1-5H3;3H,2H2,1H3/t19-,21?,22+,23-,24+,25+,26+,27-;/m1./s1. The highest BCUT2D eigenvalue weighted by Gasteiger charge is 2.59. The molecular formula is C29H52O2. The van der Waals surface area contributed by atoms with E-state index in [1.807, 2.05) is 0 Å². The third-order valence-electron chi connectivity index (χ3n) is 10.3. The van der Waals surface area contributed by atoms with Crippen LogP contribution in [0.25, 0.3) is 0 Å². The zero-order valence-corrected chi connectivity index (χ0v) is 21.5. The molecule has 2 heteroatoms. The summed E-state index contributed by atoms with van der Waals surface area (Å²) in [5.74, 6) is 5.46. The molecule has 0 bridgehead atoms. The molecule has 0 saturated heterocycles. The Balaban J connectivity index is 0.000000858. The maximum atomic E-state index is 10.2. The number of rotatable bonds is 5.